The van der Waals surface area contributed by atoms with Crippen molar-refractivity contribution in [1.29, 1.82) is 0 Å². The predicted molar refractivity (Wildman–Crippen MR) is 70.8 cm³/mol. The molecule has 0 atom stereocenters. The van der Waals surface area contributed by atoms with E-state index in [0.29, 0.717) is 0 Å². The van der Waals surface area contributed by atoms with Crippen molar-refractivity contribution in [3.63, 3.8) is 0 Å². The van der Waals surface area contributed by atoms with Crippen LogP contribution in [0, 0.1) is 45.7 Å². The van der Waals surface area contributed by atoms with Crippen molar-refractivity contribution in [3.05, 3.63) is 45.7 Å². The molecule has 1 aromatic heterocycles. The molecule has 0 saturated heterocycles. The van der Waals surface area contributed by atoms with Gasteiger partial charge in [-0.25, -0.2) is 45.2 Å². The van der Waals surface area contributed by atoms with Gasteiger partial charge >= 0.3 is 11.6 Å². The fourth-order valence-corrected chi connectivity index (χ4v) is 2.31. The van der Waals surface area contributed by atoms with Crippen LogP contribution in [0.3, 0.4) is 0 Å². The van der Waals surface area contributed by atoms with Gasteiger partial charge in [-0.1, -0.05) is 0 Å². The van der Waals surface area contributed by atoms with Gasteiger partial charge in [0.15, 0.2) is 10.1 Å². The molecule has 0 amide bonds. The van der Waals surface area contributed by atoms with Crippen LogP contribution in [0.1, 0.15) is 0 Å². The molecule has 2 aliphatic rings. The van der Waals surface area contributed by atoms with Crippen LogP contribution in [-0.4, -0.2) is 38.5 Å². The van der Waals surface area contributed by atoms with Gasteiger partial charge in [0, 0.05) is 10.0 Å². The van der Waals surface area contributed by atoms with Crippen molar-refractivity contribution in [3.8, 4) is 0 Å². The van der Waals surface area contributed by atoms with Crippen molar-refractivity contribution in [2.45, 2.75) is 0 Å². The van der Waals surface area contributed by atoms with E-state index in [9.17, 15) is 45.7 Å². The number of nitrogens with zero attached hydrogens (tertiary/aromatic N) is 10. The van der Waals surface area contributed by atoms with Crippen molar-refractivity contribution in [1.82, 2.24) is 4.98 Å². The molecule has 0 fully saturated rings. The second-order valence-electron chi connectivity index (χ2n) is 4.53. The fraction of sp³-hybridized carbons (Fsp3) is 0.333. The summed E-state index contributed by atoms with van der Waals surface area (Å²) in [5, 5.41) is 52.2. The van der Waals surface area contributed by atoms with E-state index in [-0.39, 0.29) is 24.8 Å². The Labute approximate surface area is 133 Å². The van der Waals surface area contributed by atoms with Gasteiger partial charge in [0.1, 0.15) is 0 Å². The Balaban J connectivity index is 2.30. The molecule has 0 spiro atoms. The van der Waals surface area contributed by atoms with E-state index in [1.165, 1.54) is 0 Å². The number of hydrogen-bond donors (Lipinski definition) is 0. The molecule has 0 unspecified atom stereocenters. The lowest BCUT2D eigenvalue weighted by Crippen LogP contribution is -2.45. The molecule has 25 heavy (non-hydrogen) atoms. The van der Waals surface area contributed by atoms with Crippen molar-refractivity contribution < 1.29 is 24.9 Å². The van der Waals surface area contributed by atoms with Crippen LogP contribution in [0.5, 0.6) is 0 Å². The molecule has 0 bridgehead atoms. The van der Waals surface area contributed by atoms with Gasteiger partial charge in [0.05, 0.1) is 0 Å². The maximum absolute atomic E-state index is 12.4. The van der Waals surface area contributed by atoms with Gasteiger partial charge in [0.25, 0.3) is 25.0 Å². The van der Waals surface area contributed by atoms with E-state index < -0.39 is 56.7 Å². The summed E-state index contributed by atoms with van der Waals surface area (Å²) >= 11 is 0. The van der Waals surface area contributed by atoms with Crippen LogP contribution in [0.15, 0.2) is 0 Å². The minimum absolute atomic E-state index is 0.0470. The molecule has 2 aliphatic heterocycles. The SMILES string of the molecule is O=[N+]([O-])N1CN([N+](=O)[O-])c2c1nc1c([n+]2[O-])N([N+](=O)[O-])CN1[N+](=O)[O-]. The normalized spacial score (nSPS) is 15.2. The lowest BCUT2D eigenvalue weighted by atomic mass is 10.5. The van der Waals surface area contributed by atoms with Crippen LogP contribution in [0.2, 0.25) is 0 Å². The highest BCUT2D eigenvalue weighted by molar-refractivity contribution is 5.71. The van der Waals surface area contributed by atoms with E-state index in [0.717, 1.165) is 0 Å². The summed E-state index contributed by atoms with van der Waals surface area (Å²) in [6, 6.07) is 0. The summed E-state index contributed by atoms with van der Waals surface area (Å²) in [4.78, 5) is 47.5. The second kappa shape index (κ2) is 4.84. The van der Waals surface area contributed by atoms with Gasteiger partial charge in [-0.2, -0.15) is 4.98 Å². The Bertz CT molecular complexity index is 776. The molecule has 0 saturated carbocycles. The number of anilines is 4. The highest BCUT2D eigenvalue weighted by atomic mass is 16.7. The third-order valence-corrected chi connectivity index (χ3v) is 3.30. The van der Waals surface area contributed by atoms with E-state index >= 15 is 0 Å². The molecule has 19 heteroatoms. The zero-order chi connectivity index (χ0) is 18.6. The summed E-state index contributed by atoms with van der Waals surface area (Å²) < 4.78 is -0.365. The number of aromatic nitrogens is 2. The summed E-state index contributed by atoms with van der Waals surface area (Å²) in [7, 11) is 0. The van der Waals surface area contributed by atoms with Gasteiger partial charge in [-0.3, -0.25) is 0 Å². The lowest BCUT2D eigenvalue weighted by Gasteiger charge is -2.12. The smallest absolute Gasteiger partial charge is 0.342 e. The summed E-state index contributed by atoms with van der Waals surface area (Å²) in [5.74, 6) is -3.66. The van der Waals surface area contributed by atoms with Gasteiger partial charge in [-0.15, -0.1) is 0 Å². The Morgan fingerprint density at radius 3 is 1.32 bits per heavy atom. The van der Waals surface area contributed by atoms with Crippen LogP contribution in [0.25, 0.3) is 0 Å². The zero-order valence-electron chi connectivity index (χ0n) is 11.6. The second-order valence-corrected chi connectivity index (χ2v) is 4.53. The Morgan fingerprint density at radius 1 is 0.720 bits per heavy atom. The van der Waals surface area contributed by atoms with Crippen molar-refractivity contribution >= 4 is 23.3 Å². The third-order valence-electron chi connectivity index (χ3n) is 3.30. The monoisotopic (exact) mass is 360 g/mol. The van der Waals surface area contributed by atoms with E-state index in [4.69, 9.17) is 0 Å². The summed E-state index contributed by atoms with van der Waals surface area (Å²) in [6.07, 6.45) is 0. The largest absolute Gasteiger partial charge is 0.739 e. The first-order chi connectivity index (χ1) is 11.6. The van der Waals surface area contributed by atoms with Crippen LogP contribution >= 0.6 is 0 Å². The highest BCUT2D eigenvalue weighted by Gasteiger charge is 2.56. The predicted octanol–water partition coefficient (Wildman–Crippen LogP) is -2.35. The summed E-state index contributed by atoms with van der Waals surface area (Å²) in [6.45, 7) is -2.05. The lowest BCUT2D eigenvalue weighted by molar-refractivity contribution is -0.616. The molecule has 0 aliphatic carbocycles. The average molecular weight is 360 g/mol. The Hall–Kier alpha value is -4.32. The molecule has 3 heterocycles. The zero-order valence-corrected chi connectivity index (χ0v) is 11.6. The third kappa shape index (κ3) is 1.98. The molecule has 19 nitrogen and oxygen atoms in total. The van der Waals surface area contributed by atoms with Gasteiger partial charge in [-0.05, 0) is 10.0 Å². The first kappa shape index (κ1) is 15.6. The quantitative estimate of drug-likeness (QED) is 0.237. The molecule has 3 rings (SSSR count). The van der Waals surface area contributed by atoms with Gasteiger partial charge < -0.3 is 5.21 Å². The molecule has 1 aromatic rings. The van der Waals surface area contributed by atoms with E-state index in [1.807, 2.05) is 0 Å². The number of hydrazine groups is 4. The minimum atomic E-state index is -1.15. The molecule has 0 radical (unpaired) electrons. The fourth-order valence-electron chi connectivity index (χ4n) is 2.31. The van der Waals surface area contributed by atoms with Crippen molar-refractivity contribution in [2.24, 2.45) is 0 Å². The van der Waals surface area contributed by atoms with Crippen molar-refractivity contribution in [2.75, 3.05) is 33.4 Å². The molecule has 0 aromatic carbocycles. The first-order valence-corrected chi connectivity index (χ1v) is 6.00. The topological polar surface area (TPSA) is 225 Å². The molecule has 0 N–H and O–H groups in total. The Kier molecular flexibility index (Phi) is 3.01. The molecule has 132 valence electrons. The highest BCUT2D eigenvalue weighted by Crippen LogP contribution is 2.39. The summed E-state index contributed by atoms with van der Waals surface area (Å²) in [5.41, 5.74) is 0. The maximum atomic E-state index is 12.4. The number of hydrogen-bond acceptors (Lipinski definition) is 10. The maximum Gasteiger partial charge on any atom is 0.342 e. The van der Waals surface area contributed by atoms with E-state index in [1.54, 1.807) is 0 Å². The molecular weight excluding hydrogens is 356 g/mol. The molecular formula is C6H4N10O9. The number of rotatable bonds is 4. The van der Waals surface area contributed by atoms with E-state index in [2.05, 4.69) is 4.98 Å². The van der Waals surface area contributed by atoms with Gasteiger partial charge in [0.2, 0.25) is 10.1 Å². The average Bonchev–Trinajstić information content (AvgIpc) is 3.06. The minimum Gasteiger partial charge on any atom is -0.739 e. The van der Waals surface area contributed by atoms with Crippen LogP contribution in [-0.2, 0) is 0 Å². The standard InChI is InChI=1S/C6H4N10O9/c17-12-5-3(8(13(18)19)1-10(5)15(22)23)7-4-6(12)11(16(24)25)2-9(4)14(20)21/h1-2H2. The number of nitro groups is 4. The number of fused-ring (bicyclic) bond motifs is 2. The van der Waals surface area contributed by atoms with Crippen LogP contribution in [0.4, 0.5) is 23.3 Å². The first-order valence-electron chi connectivity index (χ1n) is 6.00. The van der Waals surface area contributed by atoms with Crippen LogP contribution < -0.4 is 24.8 Å². The Morgan fingerprint density at radius 2 is 1.04 bits per heavy atom.